The molecule has 13 heavy (non-hydrogen) atoms. The Morgan fingerprint density at radius 2 is 1.77 bits per heavy atom. The molecule has 0 aliphatic carbocycles. The molecule has 0 radical (unpaired) electrons. The van der Waals surface area contributed by atoms with Crippen LogP contribution in [0.2, 0.25) is 0 Å². The van der Waals surface area contributed by atoms with Gasteiger partial charge in [0.25, 0.3) is 0 Å². The lowest BCUT2D eigenvalue weighted by atomic mass is 10.0. The first-order valence-corrected chi connectivity index (χ1v) is 6.47. The van der Waals surface area contributed by atoms with Crippen LogP contribution in [-0.2, 0) is 0 Å². The van der Waals surface area contributed by atoms with Gasteiger partial charge in [-0.05, 0) is 24.0 Å². The molecule has 0 aliphatic rings. The molecule has 0 heterocycles. The fraction of sp³-hybridized carbons (Fsp3) is 1.00. The van der Waals surface area contributed by atoms with Gasteiger partial charge in [-0.1, -0.05) is 34.1 Å². The fourth-order valence-electron chi connectivity index (χ4n) is 1.14. The van der Waals surface area contributed by atoms with Crippen molar-refractivity contribution in [3.8, 4) is 0 Å². The Labute approximate surface area is 87.3 Å². The zero-order valence-corrected chi connectivity index (χ0v) is 10.2. The molecule has 0 aromatic rings. The summed E-state index contributed by atoms with van der Waals surface area (Å²) in [6.45, 7) is 8.82. The van der Waals surface area contributed by atoms with E-state index in [-0.39, 0.29) is 6.10 Å². The molecule has 0 rings (SSSR count). The summed E-state index contributed by atoms with van der Waals surface area (Å²) in [6.07, 6.45) is 2.03. The molecule has 2 unspecified atom stereocenters. The predicted octanol–water partition coefficient (Wildman–Crippen LogP) is 3.17. The number of thioether (sulfide) groups is 1. The van der Waals surface area contributed by atoms with E-state index in [1.807, 2.05) is 11.8 Å². The van der Waals surface area contributed by atoms with Crippen molar-refractivity contribution in [1.29, 1.82) is 0 Å². The zero-order valence-electron chi connectivity index (χ0n) is 9.42. The lowest BCUT2D eigenvalue weighted by Crippen LogP contribution is -2.14. The minimum atomic E-state index is -0.0984. The van der Waals surface area contributed by atoms with Gasteiger partial charge in [-0.15, -0.1) is 0 Å². The molecular weight excluding hydrogens is 180 g/mol. The van der Waals surface area contributed by atoms with Crippen LogP contribution in [0.4, 0.5) is 0 Å². The number of aliphatic hydroxyl groups is 1. The van der Waals surface area contributed by atoms with Crippen LogP contribution in [0, 0.1) is 11.8 Å². The van der Waals surface area contributed by atoms with Crippen molar-refractivity contribution in [1.82, 2.24) is 0 Å². The predicted molar refractivity (Wildman–Crippen MR) is 62.2 cm³/mol. The molecule has 80 valence electrons. The van der Waals surface area contributed by atoms with Crippen molar-refractivity contribution in [2.75, 3.05) is 11.5 Å². The minimum Gasteiger partial charge on any atom is -0.392 e. The van der Waals surface area contributed by atoms with Crippen molar-refractivity contribution < 1.29 is 5.11 Å². The number of aliphatic hydroxyl groups excluding tert-OH is 1. The lowest BCUT2D eigenvalue weighted by Gasteiger charge is -2.14. The third-order valence-corrected chi connectivity index (χ3v) is 3.66. The fourth-order valence-corrected chi connectivity index (χ4v) is 2.15. The Hall–Kier alpha value is 0.310. The SMILES string of the molecule is CCC(C)CC(O)CSCC(C)C. The second-order valence-corrected chi connectivity index (χ2v) is 5.41. The third-order valence-electron chi connectivity index (χ3n) is 2.13. The summed E-state index contributed by atoms with van der Waals surface area (Å²) < 4.78 is 0. The summed E-state index contributed by atoms with van der Waals surface area (Å²) in [7, 11) is 0. The number of hydrogen-bond acceptors (Lipinski definition) is 2. The Bertz CT molecular complexity index is 115. The van der Waals surface area contributed by atoms with Gasteiger partial charge < -0.3 is 5.11 Å². The van der Waals surface area contributed by atoms with E-state index in [1.165, 1.54) is 6.42 Å². The van der Waals surface area contributed by atoms with Crippen molar-refractivity contribution in [2.45, 2.75) is 46.6 Å². The van der Waals surface area contributed by atoms with Crippen LogP contribution in [0.1, 0.15) is 40.5 Å². The van der Waals surface area contributed by atoms with E-state index in [0.29, 0.717) is 5.92 Å². The van der Waals surface area contributed by atoms with Crippen LogP contribution in [-0.4, -0.2) is 22.7 Å². The highest BCUT2D eigenvalue weighted by atomic mass is 32.2. The lowest BCUT2D eigenvalue weighted by molar-refractivity contribution is 0.167. The highest BCUT2D eigenvalue weighted by Crippen LogP contribution is 2.15. The van der Waals surface area contributed by atoms with E-state index in [0.717, 1.165) is 23.8 Å². The van der Waals surface area contributed by atoms with Crippen molar-refractivity contribution in [3.05, 3.63) is 0 Å². The molecule has 0 fully saturated rings. The highest BCUT2D eigenvalue weighted by Gasteiger charge is 2.08. The Morgan fingerprint density at radius 3 is 2.23 bits per heavy atom. The average Bonchev–Trinajstić information content (AvgIpc) is 2.03. The molecule has 1 nitrogen and oxygen atoms in total. The first-order chi connectivity index (χ1) is 6.06. The second kappa shape index (κ2) is 7.69. The van der Waals surface area contributed by atoms with E-state index < -0.39 is 0 Å². The van der Waals surface area contributed by atoms with Gasteiger partial charge in [-0.25, -0.2) is 0 Å². The van der Waals surface area contributed by atoms with E-state index in [4.69, 9.17) is 0 Å². The van der Waals surface area contributed by atoms with Crippen LogP contribution in [0.25, 0.3) is 0 Å². The second-order valence-electron chi connectivity index (χ2n) is 4.33. The summed E-state index contributed by atoms with van der Waals surface area (Å²) in [6, 6.07) is 0. The van der Waals surface area contributed by atoms with Gasteiger partial charge in [-0.2, -0.15) is 11.8 Å². The van der Waals surface area contributed by atoms with E-state index in [9.17, 15) is 5.11 Å². The first-order valence-electron chi connectivity index (χ1n) is 5.32. The molecule has 0 aromatic carbocycles. The van der Waals surface area contributed by atoms with Crippen LogP contribution >= 0.6 is 11.8 Å². The minimum absolute atomic E-state index is 0.0984. The molecule has 2 atom stereocenters. The van der Waals surface area contributed by atoms with Crippen molar-refractivity contribution in [3.63, 3.8) is 0 Å². The molecule has 1 N–H and O–H groups in total. The van der Waals surface area contributed by atoms with Crippen molar-refractivity contribution in [2.24, 2.45) is 11.8 Å². The van der Waals surface area contributed by atoms with Crippen molar-refractivity contribution >= 4 is 11.8 Å². The van der Waals surface area contributed by atoms with Gasteiger partial charge in [0.1, 0.15) is 0 Å². The van der Waals surface area contributed by atoms with E-state index in [1.54, 1.807) is 0 Å². The summed E-state index contributed by atoms with van der Waals surface area (Å²) in [5.74, 6) is 3.47. The maximum absolute atomic E-state index is 9.64. The normalized spacial score (nSPS) is 16.2. The van der Waals surface area contributed by atoms with E-state index >= 15 is 0 Å². The monoisotopic (exact) mass is 204 g/mol. The van der Waals surface area contributed by atoms with Gasteiger partial charge in [0.15, 0.2) is 0 Å². The summed E-state index contributed by atoms with van der Waals surface area (Å²) >= 11 is 1.87. The molecule has 0 aromatic heterocycles. The van der Waals surface area contributed by atoms with Crippen LogP contribution in [0.15, 0.2) is 0 Å². The smallest absolute Gasteiger partial charge is 0.0633 e. The Morgan fingerprint density at radius 1 is 1.15 bits per heavy atom. The molecule has 0 saturated heterocycles. The van der Waals surface area contributed by atoms with Gasteiger partial charge in [-0.3, -0.25) is 0 Å². The first kappa shape index (κ1) is 13.3. The van der Waals surface area contributed by atoms with Gasteiger partial charge in [0, 0.05) is 5.75 Å². The average molecular weight is 204 g/mol. The maximum Gasteiger partial charge on any atom is 0.0633 e. The molecule has 0 spiro atoms. The Kier molecular flexibility index (Phi) is 7.87. The van der Waals surface area contributed by atoms with Gasteiger partial charge in [0.2, 0.25) is 0 Å². The maximum atomic E-state index is 9.64. The highest BCUT2D eigenvalue weighted by molar-refractivity contribution is 7.99. The summed E-state index contributed by atoms with van der Waals surface area (Å²) in [4.78, 5) is 0. The molecule has 0 amide bonds. The van der Waals surface area contributed by atoms with Crippen LogP contribution in [0.5, 0.6) is 0 Å². The third kappa shape index (κ3) is 8.63. The number of hydrogen-bond donors (Lipinski definition) is 1. The molecule has 2 heteroatoms. The molecule has 0 bridgehead atoms. The molecule has 0 aliphatic heterocycles. The van der Waals surface area contributed by atoms with Crippen LogP contribution in [0.3, 0.4) is 0 Å². The number of rotatable bonds is 7. The standard InChI is InChI=1S/C11H24OS/c1-5-10(4)6-11(12)8-13-7-9(2)3/h9-12H,5-8H2,1-4H3. The summed E-state index contributed by atoms with van der Waals surface area (Å²) in [5, 5.41) is 9.64. The summed E-state index contributed by atoms with van der Waals surface area (Å²) in [5.41, 5.74) is 0. The van der Waals surface area contributed by atoms with Gasteiger partial charge in [0.05, 0.1) is 6.10 Å². The van der Waals surface area contributed by atoms with E-state index in [2.05, 4.69) is 27.7 Å². The molecular formula is C11H24OS. The zero-order chi connectivity index (χ0) is 10.3. The quantitative estimate of drug-likeness (QED) is 0.687. The Balaban J connectivity index is 3.34. The van der Waals surface area contributed by atoms with Crippen LogP contribution < -0.4 is 0 Å². The molecule has 0 saturated carbocycles. The topological polar surface area (TPSA) is 20.2 Å². The van der Waals surface area contributed by atoms with Gasteiger partial charge >= 0.3 is 0 Å². The largest absolute Gasteiger partial charge is 0.392 e.